The molecule has 166 valence electrons. The molecule has 0 radical (unpaired) electrons. The van der Waals surface area contributed by atoms with E-state index in [0.717, 1.165) is 67.1 Å². The van der Waals surface area contributed by atoms with Crippen molar-refractivity contribution >= 4 is 27.5 Å². The quantitative estimate of drug-likeness (QED) is 0.560. The fraction of sp³-hybridized carbons (Fsp3) is 0.636. The number of thiazole rings is 1. The number of amides is 1. The summed E-state index contributed by atoms with van der Waals surface area (Å²) >= 11 is 1.62. The van der Waals surface area contributed by atoms with E-state index >= 15 is 0 Å². The monoisotopic (exact) mass is 442 g/mol. The summed E-state index contributed by atoms with van der Waals surface area (Å²) < 4.78 is 7.12. The van der Waals surface area contributed by atoms with Crippen molar-refractivity contribution in [2.24, 2.45) is 0 Å². The lowest BCUT2D eigenvalue weighted by atomic mass is 10.00. The summed E-state index contributed by atoms with van der Waals surface area (Å²) in [7, 11) is 0. The van der Waals surface area contributed by atoms with Gasteiger partial charge in [-0.1, -0.05) is 12.1 Å². The van der Waals surface area contributed by atoms with Crippen LogP contribution in [-0.2, 0) is 9.53 Å². The summed E-state index contributed by atoms with van der Waals surface area (Å²) in [5, 5.41) is 15.1. The molecule has 4 N–H and O–H groups in total. The second-order valence-electron chi connectivity index (χ2n) is 9.17. The number of piperidine rings is 1. The molecule has 4 aliphatic heterocycles. The van der Waals surface area contributed by atoms with Gasteiger partial charge < -0.3 is 15.4 Å². The molecule has 9 heteroatoms. The van der Waals surface area contributed by atoms with Gasteiger partial charge in [0, 0.05) is 25.7 Å². The van der Waals surface area contributed by atoms with Crippen molar-refractivity contribution in [3.63, 3.8) is 0 Å². The summed E-state index contributed by atoms with van der Waals surface area (Å²) in [6, 6.07) is 8.45. The largest absolute Gasteiger partial charge is 0.372 e. The number of morpholine rings is 1. The minimum absolute atomic E-state index is 0.0444. The molecular formula is C22H30N6O2S. The van der Waals surface area contributed by atoms with E-state index in [1.807, 2.05) is 18.2 Å². The van der Waals surface area contributed by atoms with Crippen molar-refractivity contribution in [2.45, 2.75) is 62.3 Å². The topological polar surface area (TPSA) is 90.6 Å². The molecule has 4 fully saturated rings. The van der Waals surface area contributed by atoms with Gasteiger partial charge in [0.15, 0.2) is 0 Å². The first kappa shape index (κ1) is 20.0. The van der Waals surface area contributed by atoms with Crippen molar-refractivity contribution in [2.75, 3.05) is 26.2 Å². The molecule has 0 saturated carbocycles. The van der Waals surface area contributed by atoms with Gasteiger partial charge in [0.25, 0.3) is 0 Å². The molecule has 2 bridgehead atoms. The van der Waals surface area contributed by atoms with E-state index in [9.17, 15) is 4.79 Å². The Morgan fingerprint density at radius 2 is 2.00 bits per heavy atom. The number of ether oxygens (including phenoxy) is 1. The second kappa shape index (κ2) is 8.38. The maximum atomic E-state index is 13.5. The Balaban J connectivity index is 1.27. The van der Waals surface area contributed by atoms with Crippen LogP contribution in [0.5, 0.6) is 0 Å². The minimum atomic E-state index is -0.353. The maximum Gasteiger partial charge on any atom is 0.235 e. The van der Waals surface area contributed by atoms with Gasteiger partial charge in [-0.25, -0.2) is 4.98 Å². The Morgan fingerprint density at radius 3 is 2.77 bits per heavy atom. The van der Waals surface area contributed by atoms with Gasteiger partial charge in [-0.2, -0.15) is 0 Å². The molecule has 6 rings (SSSR count). The lowest BCUT2D eigenvalue weighted by Gasteiger charge is -2.45. The Bertz CT molecular complexity index is 902. The molecule has 4 saturated heterocycles. The molecular weight excluding hydrogens is 412 g/mol. The number of carbonyl (C=O) groups excluding carboxylic acids is 1. The van der Waals surface area contributed by atoms with Crippen molar-refractivity contribution < 1.29 is 9.53 Å². The smallest absolute Gasteiger partial charge is 0.235 e. The van der Waals surface area contributed by atoms with Crippen molar-refractivity contribution in [3.05, 3.63) is 29.3 Å². The van der Waals surface area contributed by atoms with E-state index in [1.54, 1.807) is 11.3 Å². The zero-order valence-corrected chi connectivity index (χ0v) is 18.4. The number of para-hydroxylation sites is 1. The zero-order valence-electron chi connectivity index (χ0n) is 17.5. The first-order valence-corrected chi connectivity index (χ1v) is 12.3. The van der Waals surface area contributed by atoms with Gasteiger partial charge in [-0.3, -0.25) is 20.3 Å². The van der Waals surface area contributed by atoms with Crippen LogP contribution >= 0.6 is 11.3 Å². The number of nitrogens with zero attached hydrogens (tertiary/aromatic N) is 2. The van der Waals surface area contributed by atoms with E-state index in [4.69, 9.17) is 9.72 Å². The molecule has 31 heavy (non-hydrogen) atoms. The van der Waals surface area contributed by atoms with Gasteiger partial charge in [0.2, 0.25) is 5.91 Å². The third kappa shape index (κ3) is 3.99. The van der Waals surface area contributed by atoms with Crippen LogP contribution in [0.25, 0.3) is 10.2 Å². The van der Waals surface area contributed by atoms with Crippen LogP contribution in [0.3, 0.4) is 0 Å². The predicted octanol–water partition coefficient (Wildman–Crippen LogP) is 0.914. The van der Waals surface area contributed by atoms with Gasteiger partial charge in [0.1, 0.15) is 17.2 Å². The van der Waals surface area contributed by atoms with Crippen LogP contribution in [0.4, 0.5) is 0 Å². The summed E-state index contributed by atoms with van der Waals surface area (Å²) in [6.07, 6.45) is 4.73. The second-order valence-corrected chi connectivity index (χ2v) is 10.2. The van der Waals surface area contributed by atoms with Crippen LogP contribution in [0.15, 0.2) is 24.3 Å². The van der Waals surface area contributed by atoms with Gasteiger partial charge >= 0.3 is 0 Å². The summed E-state index contributed by atoms with van der Waals surface area (Å²) in [4.78, 5) is 20.6. The lowest BCUT2D eigenvalue weighted by molar-refractivity contribution is -0.133. The average Bonchev–Trinajstić information content (AvgIpc) is 3.36. The number of nitrogens with one attached hydrogen (secondary N) is 4. The van der Waals surface area contributed by atoms with Crippen molar-refractivity contribution in [1.82, 2.24) is 31.2 Å². The first-order chi connectivity index (χ1) is 15.2. The highest BCUT2D eigenvalue weighted by atomic mass is 32.1. The Labute approximate surface area is 186 Å². The summed E-state index contributed by atoms with van der Waals surface area (Å²) in [6.45, 7) is 3.71. The Morgan fingerprint density at radius 1 is 1.16 bits per heavy atom. The molecule has 1 aromatic carbocycles. The fourth-order valence-corrected chi connectivity index (χ4v) is 6.51. The Hall–Kier alpha value is -1.62. The highest BCUT2D eigenvalue weighted by Gasteiger charge is 2.44. The molecule has 5 heterocycles. The molecule has 6 unspecified atom stereocenters. The van der Waals surface area contributed by atoms with Crippen molar-refractivity contribution in [1.29, 1.82) is 0 Å². The van der Waals surface area contributed by atoms with E-state index < -0.39 is 0 Å². The minimum Gasteiger partial charge on any atom is -0.372 e. The molecule has 8 nitrogen and oxygen atoms in total. The molecule has 0 aliphatic carbocycles. The lowest BCUT2D eigenvalue weighted by Crippen LogP contribution is -2.72. The first-order valence-electron chi connectivity index (χ1n) is 11.5. The third-order valence-electron chi connectivity index (χ3n) is 6.96. The zero-order chi connectivity index (χ0) is 20.8. The highest BCUT2D eigenvalue weighted by Crippen LogP contribution is 2.32. The number of aromatic nitrogens is 1. The van der Waals surface area contributed by atoms with E-state index in [-0.39, 0.29) is 36.5 Å². The molecule has 6 atom stereocenters. The van der Waals surface area contributed by atoms with Crippen LogP contribution < -0.4 is 21.3 Å². The third-order valence-corrected chi connectivity index (χ3v) is 8.08. The van der Waals surface area contributed by atoms with Gasteiger partial charge in [-0.05, 0) is 44.4 Å². The fourth-order valence-electron chi connectivity index (χ4n) is 5.41. The number of fused-ring (bicyclic) bond motifs is 3. The normalized spacial score (nSPS) is 36.6. The van der Waals surface area contributed by atoms with E-state index in [0.29, 0.717) is 6.04 Å². The van der Waals surface area contributed by atoms with Crippen LogP contribution in [0, 0.1) is 0 Å². The average molecular weight is 443 g/mol. The van der Waals surface area contributed by atoms with Gasteiger partial charge in [-0.15, -0.1) is 11.3 Å². The molecule has 0 spiro atoms. The molecule has 1 amide bonds. The Kier molecular flexibility index (Phi) is 5.41. The summed E-state index contributed by atoms with van der Waals surface area (Å²) in [5.74, 6) is -0.309. The standard InChI is InChI=1S/C22H30N6O2S/c29-20-18(21-25-16-5-1-2-6-17(16)31-21)19(24-13-4-3-9-23-10-13)26-22(27-20)28-11-14-7-8-15(12-28)30-14/h1-2,5-6,13-15,18-19,22-24,26H,3-4,7-12H2,(H,27,29). The van der Waals surface area contributed by atoms with E-state index in [1.165, 1.54) is 0 Å². The molecule has 1 aromatic heterocycles. The highest BCUT2D eigenvalue weighted by molar-refractivity contribution is 7.18. The number of likely N-dealkylation sites (tertiary alicyclic amines) is 1. The SMILES string of the molecule is O=C1NC(N2CC3CCC(C2)O3)NC(NC2CCCNC2)C1c1nc2ccccc2s1. The molecule has 2 aromatic rings. The van der Waals surface area contributed by atoms with Crippen LogP contribution in [-0.4, -0.2) is 72.7 Å². The van der Waals surface area contributed by atoms with Gasteiger partial charge in [0.05, 0.1) is 28.6 Å². The van der Waals surface area contributed by atoms with Crippen molar-refractivity contribution in [3.8, 4) is 0 Å². The number of hydrogen-bond acceptors (Lipinski definition) is 8. The summed E-state index contributed by atoms with van der Waals surface area (Å²) in [5.41, 5.74) is 0.959. The number of carbonyl (C=O) groups is 1. The van der Waals surface area contributed by atoms with Crippen LogP contribution in [0.2, 0.25) is 0 Å². The number of hydrogen-bond donors (Lipinski definition) is 4. The number of benzene rings is 1. The molecule has 4 aliphatic rings. The predicted molar refractivity (Wildman–Crippen MR) is 120 cm³/mol. The van der Waals surface area contributed by atoms with E-state index in [2.05, 4.69) is 32.2 Å². The maximum absolute atomic E-state index is 13.5. The van der Waals surface area contributed by atoms with Crippen LogP contribution in [0.1, 0.15) is 36.6 Å². The number of rotatable bonds is 4.